The maximum absolute atomic E-state index is 9.12. The van der Waals surface area contributed by atoms with Crippen molar-refractivity contribution in [3.8, 4) is 0 Å². The van der Waals surface area contributed by atoms with Crippen molar-refractivity contribution in [2.24, 2.45) is 0 Å². The molecule has 1 N–H and O–H groups in total. The molecule has 0 rings (SSSR count). The molecule has 0 aromatic carbocycles. The molecule has 0 aliphatic rings. The standard InChI is InChI=1S/C9H16O/c1-3-5-6-8-9(10)7-4-2/h4,6,8-10H,2-3,5,7H2,1H3. The zero-order chi connectivity index (χ0) is 7.82. The molecule has 1 unspecified atom stereocenters. The van der Waals surface area contributed by atoms with Gasteiger partial charge < -0.3 is 5.11 Å². The van der Waals surface area contributed by atoms with Crippen LogP contribution in [-0.2, 0) is 0 Å². The average molecular weight is 140 g/mol. The second-order valence-electron chi connectivity index (χ2n) is 2.31. The van der Waals surface area contributed by atoms with Crippen molar-refractivity contribution in [1.29, 1.82) is 0 Å². The quantitative estimate of drug-likeness (QED) is 0.581. The SMILES string of the molecule is C=CCC(O)C=CCCC. The van der Waals surface area contributed by atoms with E-state index in [-0.39, 0.29) is 6.10 Å². The molecule has 0 saturated carbocycles. The van der Waals surface area contributed by atoms with E-state index in [2.05, 4.69) is 13.5 Å². The molecule has 0 aliphatic heterocycles. The lowest BCUT2D eigenvalue weighted by Gasteiger charge is -1.98. The lowest BCUT2D eigenvalue weighted by molar-refractivity contribution is 0.226. The van der Waals surface area contributed by atoms with E-state index in [0.29, 0.717) is 6.42 Å². The molecule has 1 nitrogen and oxygen atoms in total. The van der Waals surface area contributed by atoms with E-state index in [1.54, 1.807) is 6.08 Å². The highest BCUT2D eigenvalue weighted by Crippen LogP contribution is 1.96. The van der Waals surface area contributed by atoms with Gasteiger partial charge in [-0.3, -0.25) is 0 Å². The summed E-state index contributed by atoms with van der Waals surface area (Å²) in [5.74, 6) is 0. The summed E-state index contributed by atoms with van der Waals surface area (Å²) >= 11 is 0. The molecule has 0 amide bonds. The van der Waals surface area contributed by atoms with Crippen LogP contribution in [0.5, 0.6) is 0 Å². The van der Waals surface area contributed by atoms with E-state index < -0.39 is 0 Å². The molecule has 1 atom stereocenters. The van der Waals surface area contributed by atoms with Gasteiger partial charge in [0.2, 0.25) is 0 Å². The fraction of sp³-hybridized carbons (Fsp3) is 0.556. The van der Waals surface area contributed by atoms with Crippen LogP contribution in [0.2, 0.25) is 0 Å². The van der Waals surface area contributed by atoms with Crippen LogP contribution in [0.25, 0.3) is 0 Å². The minimum absolute atomic E-state index is 0.330. The molecular weight excluding hydrogens is 124 g/mol. The molecule has 0 heterocycles. The Labute approximate surface area is 63.1 Å². The van der Waals surface area contributed by atoms with Gasteiger partial charge in [-0.05, 0) is 12.8 Å². The number of hydrogen-bond acceptors (Lipinski definition) is 1. The van der Waals surface area contributed by atoms with Gasteiger partial charge in [0, 0.05) is 0 Å². The molecule has 0 radical (unpaired) electrons. The van der Waals surface area contributed by atoms with Crippen LogP contribution < -0.4 is 0 Å². The van der Waals surface area contributed by atoms with Gasteiger partial charge in [0.1, 0.15) is 0 Å². The van der Waals surface area contributed by atoms with Crippen molar-refractivity contribution < 1.29 is 5.11 Å². The average Bonchev–Trinajstić information content (AvgIpc) is 1.89. The lowest BCUT2D eigenvalue weighted by Crippen LogP contribution is -1.98. The molecule has 0 spiro atoms. The minimum atomic E-state index is -0.330. The van der Waals surface area contributed by atoms with Crippen LogP contribution in [0.3, 0.4) is 0 Å². The van der Waals surface area contributed by atoms with Crippen molar-refractivity contribution in [3.05, 3.63) is 24.8 Å². The lowest BCUT2D eigenvalue weighted by atomic mass is 10.2. The maximum atomic E-state index is 9.12. The first-order valence-corrected chi connectivity index (χ1v) is 3.76. The summed E-state index contributed by atoms with van der Waals surface area (Å²) in [7, 11) is 0. The van der Waals surface area contributed by atoms with Crippen molar-refractivity contribution in [1.82, 2.24) is 0 Å². The van der Waals surface area contributed by atoms with Crippen LogP contribution in [-0.4, -0.2) is 11.2 Å². The molecule has 0 bridgehead atoms. The number of hydrogen-bond donors (Lipinski definition) is 1. The van der Waals surface area contributed by atoms with Gasteiger partial charge in [0.05, 0.1) is 6.10 Å². The van der Waals surface area contributed by atoms with Gasteiger partial charge in [0.25, 0.3) is 0 Å². The van der Waals surface area contributed by atoms with Gasteiger partial charge in [-0.25, -0.2) is 0 Å². The first kappa shape index (κ1) is 9.44. The van der Waals surface area contributed by atoms with Crippen LogP contribution in [0.15, 0.2) is 24.8 Å². The van der Waals surface area contributed by atoms with Gasteiger partial charge in [-0.2, -0.15) is 0 Å². The molecule has 0 aromatic heterocycles. The summed E-state index contributed by atoms with van der Waals surface area (Å²) in [5.41, 5.74) is 0. The Morgan fingerprint density at radius 3 is 2.80 bits per heavy atom. The molecule has 58 valence electrons. The van der Waals surface area contributed by atoms with E-state index in [1.165, 1.54) is 0 Å². The van der Waals surface area contributed by atoms with Crippen molar-refractivity contribution in [2.75, 3.05) is 0 Å². The number of aliphatic hydroxyl groups is 1. The maximum Gasteiger partial charge on any atom is 0.0755 e. The highest BCUT2D eigenvalue weighted by molar-refractivity contribution is 4.91. The normalized spacial score (nSPS) is 13.8. The molecule has 0 aliphatic carbocycles. The van der Waals surface area contributed by atoms with Crippen molar-refractivity contribution in [3.63, 3.8) is 0 Å². The Kier molecular flexibility index (Phi) is 6.19. The van der Waals surface area contributed by atoms with Gasteiger partial charge in [0.15, 0.2) is 0 Å². The Bertz CT molecular complexity index is 105. The van der Waals surface area contributed by atoms with E-state index in [4.69, 9.17) is 5.11 Å². The molecule has 0 fully saturated rings. The predicted octanol–water partition coefficient (Wildman–Crippen LogP) is 2.28. The summed E-state index contributed by atoms with van der Waals surface area (Å²) in [6, 6.07) is 0. The van der Waals surface area contributed by atoms with E-state index in [1.807, 2.05) is 12.2 Å². The second kappa shape index (κ2) is 6.56. The Balaban J connectivity index is 3.34. The van der Waals surface area contributed by atoms with Crippen molar-refractivity contribution >= 4 is 0 Å². The Morgan fingerprint density at radius 2 is 2.30 bits per heavy atom. The number of unbranched alkanes of at least 4 members (excludes halogenated alkanes) is 1. The van der Waals surface area contributed by atoms with Crippen LogP contribution in [0, 0.1) is 0 Å². The van der Waals surface area contributed by atoms with Crippen LogP contribution >= 0.6 is 0 Å². The van der Waals surface area contributed by atoms with E-state index >= 15 is 0 Å². The summed E-state index contributed by atoms with van der Waals surface area (Å²) < 4.78 is 0. The zero-order valence-electron chi connectivity index (χ0n) is 6.59. The zero-order valence-corrected chi connectivity index (χ0v) is 6.59. The fourth-order valence-electron chi connectivity index (χ4n) is 0.669. The van der Waals surface area contributed by atoms with E-state index in [0.717, 1.165) is 12.8 Å². The van der Waals surface area contributed by atoms with Gasteiger partial charge in [-0.15, -0.1) is 6.58 Å². The minimum Gasteiger partial charge on any atom is -0.389 e. The topological polar surface area (TPSA) is 20.2 Å². The van der Waals surface area contributed by atoms with Gasteiger partial charge >= 0.3 is 0 Å². The van der Waals surface area contributed by atoms with Crippen LogP contribution in [0.1, 0.15) is 26.2 Å². The molecule has 1 heteroatoms. The van der Waals surface area contributed by atoms with E-state index in [9.17, 15) is 0 Å². The second-order valence-corrected chi connectivity index (χ2v) is 2.31. The molecule has 10 heavy (non-hydrogen) atoms. The highest BCUT2D eigenvalue weighted by Gasteiger charge is 1.91. The summed E-state index contributed by atoms with van der Waals surface area (Å²) in [6.45, 7) is 5.65. The Morgan fingerprint density at radius 1 is 1.60 bits per heavy atom. The first-order chi connectivity index (χ1) is 4.81. The summed E-state index contributed by atoms with van der Waals surface area (Å²) in [6.07, 6.45) is 8.07. The molecule has 0 saturated heterocycles. The third kappa shape index (κ3) is 5.57. The van der Waals surface area contributed by atoms with Crippen molar-refractivity contribution in [2.45, 2.75) is 32.3 Å². The fourth-order valence-corrected chi connectivity index (χ4v) is 0.669. The predicted molar refractivity (Wildman–Crippen MR) is 44.9 cm³/mol. The number of aliphatic hydroxyl groups excluding tert-OH is 1. The number of allylic oxidation sites excluding steroid dienone is 1. The molecular formula is C9H16O. The summed E-state index contributed by atoms with van der Waals surface area (Å²) in [5, 5.41) is 9.12. The Hall–Kier alpha value is -0.560. The van der Waals surface area contributed by atoms with Gasteiger partial charge in [-0.1, -0.05) is 31.6 Å². The largest absolute Gasteiger partial charge is 0.389 e. The number of rotatable bonds is 5. The third-order valence-corrected chi connectivity index (χ3v) is 1.22. The highest BCUT2D eigenvalue weighted by atomic mass is 16.3. The van der Waals surface area contributed by atoms with Crippen LogP contribution in [0.4, 0.5) is 0 Å². The summed E-state index contributed by atoms with van der Waals surface area (Å²) in [4.78, 5) is 0. The third-order valence-electron chi connectivity index (χ3n) is 1.22. The smallest absolute Gasteiger partial charge is 0.0755 e. The monoisotopic (exact) mass is 140 g/mol. The molecule has 0 aromatic rings. The first-order valence-electron chi connectivity index (χ1n) is 3.76.